The van der Waals surface area contributed by atoms with E-state index in [1.165, 1.54) is 18.5 Å². The Bertz CT molecular complexity index is 704. The molecule has 1 heterocycles. The molecule has 0 amide bonds. The van der Waals surface area contributed by atoms with E-state index in [1.54, 1.807) is 19.1 Å². The number of nitrogens with one attached hydrogen (secondary N) is 1. The van der Waals surface area contributed by atoms with E-state index in [0.717, 1.165) is 0 Å². The highest BCUT2D eigenvalue weighted by atomic mass is 79.9. The van der Waals surface area contributed by atoms with Gasteiger partial charge in [0.05, 0.1) is 17.3 Å². The molecule has 0 atom stereocenters. The number of aromatic nitrogens is 2. The van der Waals surface area contributed by atoms with E-state index < -0.39 is 10.0 Å². The first-order valence-corrected chi connectivity index (χ1v) is 7.80. The molecule has 0 spiro atoms. The molecule has 0 saturated heterocycles. The van der Waals surface area contributed by atoms with Gasteiger partial charge in [0.15, 0.2) is 5.82 Å². The number of anilines is 1. The number of hydrogen-bond acceptors (Lipinski definition) is 4. The zero-order valence-corrected chi connectivity index (χ0v) is 12.9. The molecule has 0 radical (unpaired) electrons. The molecular formula is C11H9BrClN3O2S. The minimum Gasteiger partial charge on any atom is -0.262 e. The van der Waals surface area contributed by atoms with Crippen molar-refractivity contribution in [1.29, 1.82) is 0 Å². The molecule has 8 heteroatoms. The van der Waals surface area contributed by atoms with Gasteiger partial charge >= 0.3 is 0 Å². The van der Waals surface area contributed by atoms with Crippen LogP contribution in [-0.2, 0) is 10.0 Å². The number of benzene rings is 1. The number of sulfonamides is 1. The summed E-state index contributed by atoms with van der Waals surface area (Å²) < 4.78 is 27.3. The van der Waals surface area contributed by atoms with E-state index in [-0.39, 0.29) is 10.7 Å². The van der Waals surface area contributed by atoms with Crippen LogP contribution >= 0.6 is 27.5 Å². The van der Waals surface area contributed by atoms with Gasteiger partial charge in [-0.2, -0.15) is 0 Å². The van der Waals surface area contributed by atoms with Crippen molar-refractivity contribution in [3.63, 3.8) is 0 Å². The van der Waals surface area contributed by atoms with Crippen LogP contribution in [0, 0.1) is 6.92 Å². The van der Waals surface area contributed by atoms with Crippen LogP contribution in [0.1, 0.15) is 5.56 Å². The highest BCUT2D eigenvalue weighted by molar-refractivity contribution is 9.10. The maximum atomic E-state index is 12.2. The molecule has 0 aliphatic heterocycles. The second kappa shape index (κ2) is 5.44. The van der Waals surface area contributed by atoms with Gasteiger partial charge in [0, 0.05) is 5.02 Å². The number of rotatable bonds is 3. The van der Waals surface area contributed by atoms with Gasteiger partial charge in [-0.25, -0.2) is 18.4 Å². The summed E-state index contributed by atoms with van der Waals surface area (Å²) in [5.41, 5.74) is 0.599. The van der Waals surface area contributed by atoms with Crippen LogP contribution < -0.4 is 4.72 Å². The van der Waals surface area contributed by atoms with Gasteiger partial charge in [0.1, 0.15) is 4.60 Å². The Morgan fingerprint density at radius 2 is 2.00 bits per heavy atom. The number of hydrogen-bond donors (Lipinski definition) is 1. The van der Waals surface area contributed by atoms with Crippen LogP contribution in [0.3, 0.4) is 0 Å². The van der Waals surface area contributed by atoms with Crippen LogP contribution in [0.15, 0.2) is 40.1 Å². The van der Waals surface area contributed by atoms with E-state index in [1.807, 2.05) is 0 Å². The Morgan fingerprint density at radius 1 is 1.26 bits per heavy atom. The Balaban J connectivity index is 2.37. The van der Waals surface area contributed by atoms with Gasteiger partial charge in [0.25, 0.3) is 10.0 Å². The summed E-state index contributed by atoms with van der Waals surface area (Å²) in [5.74, 6) is 0.141. The third kappa shape index (κ3) is 3.43. The van der Waals surface area contributed by atoms with Crippen molar-refractivity contribution in [2.24, 2.45) is 0 Å². The largest absolute Gasteiger partial charge is 0.263 e. The molecule has 1 aromatic heterocycles. The van der Waals surface area contributed by atoms with Crippen molar-refractivity contribution in [2.45, 2.75) is 11.8 Å². The van der Waals surface area contributed by atoms with Gasteiger partial charge in [-0.1, -0.05) is 17.7 Å². The van der Waals surface area contributed by atoms with Gasteiger partial charge in [0.2, 0.25) is 0 Å². The fourth-order valence-electron chi connectivity index (χ4n) is 1.42. The lowest BCUT2D eigenvalue weighted by atomic mass is 10.2. The molecule has 0 aliphatic carbocycles. The Morgan fingerprint density at radius 3 is 2.63 bits per heavy atom. The van der Waals surface area contributed by atoms with Crippen molar-refractivity contribution in [2.75, 3.05) is 4.72 Å². The molecule has 2 rings (SSSR count). The molecule has 1 N–H and O–H groups in total. The molecule has 100 valence electrons. The predicted molar refractivity (Wildman–Crippen MR) is 76.7 cm³/mol. The summed E-state index contributed by atoms with van der Waals surface area (Å²) in [5, 5.41) is 0.355. The average molecular weight is 363 g/mol. The summed E-state index contributed by atoms with van der Waals surface area (Å²) >= 11 is 8.94. The van der Waals surface area contributed by atoms with E-state index in [9.17, 15) is 8.42 Å². The van der Waals surface area contributed by atoms with Crippen LogP contribution in [0.2, 0.25) is 5.02 Å². The molecule has 1 aromatic carbocycles. The van der Waals surface area contributed by atoms with Crippen molar-refractivity contribution in [3.05, 3.63) is 45.8 Å². The summed E-state index contributed by atoms with van der Waals surface area (Å²) in [4.78, 5) is 7.92. The minimum absolute atomic E-state index is 0.115. The number of aryl methyl sites for hydroxylation is 1. The van der Waals surface area contributed by atoms with Gasteiger partial charge in [-0.15, -0.1) is 0 Å². The first-order valence-electron chi connectivity index (χ1n) is 5.15. The highest BCUT2D eigenvalue weighted by Crippen LogP contribution is 2.22. The van der Waals surface area contributed by atoms with Gasteiger partial charge in [-0.05, 0) is 40.5 Å². The van der Waals surface area contributed by atoms with Crippen LogP contribution in [-0.4, -0.2) is 18.4 Å². The van der Waals surface area contributed by atoms with Gasteiger partial charge in [-0.3, -0.25) is 4.72 Å². The highest BCUT2D eigenvalue weighted by Gasteiger charge is 2.18. The van der Waals surface area contributed by atoms with Crippen LogP contribution in [0.25, 0.3) is 0 Å². The van der Waals surface area contributed by atoms with E-state index in [4.69, 9.17) is 11.6 Å². The lowest BCUT2D eigenvalue weighted by Gasteiger charge is -2.09. The van der Waals surface area contributed by atoms with Crippen molar-refractivity contribution in [3.8, 4) is 0 Å². The summed E-state index contributed by atoms with van der Waals surface area (Å²) in [6, 6.07) is 4.67. The van der Waals surface area contributed by atoms with Crippen molar-refractivity contribution < 1.29 is 8.42 Å². The topological polar surface area (TPSA) is 72.0 Å². The third-order valence-electron chi connectivity index (χ3n) is 2.30. The van der Waals surface area contributed by atoms with E-state index in [0.29, 0.717) is 15.2 Å². The standard InChI is InChI=1S/C11H9BrClN3O2S/c1-7-2-3-8(13)4-9(7)19(17,18)16-11-6-14-10(12)5-15-11/h2-6H,1H3,(H,15,16). The van der Waals surface area contributed by atoms with Crippen LogP contribution in [0.5, 0.6) is 0 Å². The molecule has 0 bridgehead atoms. The second-order valence-corrected chi connectivity index (χ2v) is 6.64. The van der Waals surface area contributed by atoms with E-state index in [2.05, 4.69) is 30.6 Å². The first kappa shape index (κ1) is 14.2. The predicted octanol–water partition coefficient (Wildman–Crippen LogP) is 3.00. The molecule has 0 saturated carbocycles. The van der Waals surface area contributed by atoms with Crippen molar-refractivity contribution in [1.82, 2.24) is 9.97 Å². The maximum absolute atomic E-state index is 12.2. The van der Waals surface area contributed by atoms with E-state index >= 15 is 0 Å². The molecule has 0 fully saturated rings. The third-order valence-corrected chi connectivity index (χ3v) is 4.44. The Labute approximate surface area is 124 Å². The van der Waals surface area contributed by atoms with Crippen LogP contribution in [0.4, 0.5) is 5.82 Å². The zero-order valence-electron chi connectivity index (χ0n) is 9.76. The lowest BCUT2D eigenvalue weighted by molar-refractivity contribution is 0.600. The summed E-state index contributed by atoms with van der Waals surface area (Å²) in [7, 11) is -3.73. The molecule has 19 heavy (non-hydrogen) atoms. The fourth-order valence-corrected chi connectivity index (χ4v) is 3.13. The Kier molecular flexibility index (Phi) is 4.07. The lowest BCUT2D eigenvalue weighted by Crippen LogP contribution is -2.15. The molecule has 5 nitrogen and oxygen atoms in total. The molecular weight excluding hydrogens is 354 g/mol. The SMILES string of the molecule is Cc1ccc(Cl)cc1S(=O)(=O)Nc1cnc(Br)cn1. The number of nitrogens with zero attached hydrogens (tertiary/aromatic N) is 2. The fraction of sp³-hybridized carbons (Fsp3) is 0.0909. The Hall–Kier alpha value is -1.18. The molecule has 2 aromatic rings. The summed E-state index contributed by atoms with van der Waals surface area (Å²) in [6.07, 6.45) is 2.73. The first-order chi connectivity index (χ1) is 8.88. The second-order valence-electron chi connectivity index (χ2n) is 3.74. The quantitative estimate of drug-likeness (QED) is 0.911. The molecule has 0 unspecified atom stereocenters. The monoisotopic (exact) mass is 361 g/mol. The average Bonchev–Trinajstić information content (AvgIpc) is 2.35. The normalized spacial score (nSPS) is 11.3. The van der Waals surface area contributed by atoms with Crippen molar-refractivity contribution >= 4 is 43.4 Å². The van der Waals surface area contributed by atoms with Gasteiger partial charge < -0.3 is 0 Å². The maximum Gasteiger partial charge on any atom is 0.263 e. The minimum atomic E-state index is -3.73. The zero-order chi connectivity index (χ0) is 14.0. The molecule has 0 aliphatic rings. The smallest absolute Gasteiger partial charge is 0.262 e. The number of halogens is 2. The summed E-state index contributed by atoms with van der Waals surface area (Å²) in [6.45, 7) is 1.69.